The molecule has 0 atom stereocenters. The van der Waals surface area contributed by atoms with Crippen LogP contribution in [-0.2, 0) is 5.88 Å². The first-order valence-corrected chi connectivity index (χ1v) is 5.71. The summed E-state index contributed by atoms with van der Waals surface area (Å²) in [7, 11) is 1.64. The maximum absolute atomic E-state index is 5.82. The zero-order chi connectivity index (χ0) is 11.1. The lowest BCUT2D eigenvalue weighted by Crippen LogP contribution is -1.99. The van der Waals surface area contributed by atoms with Crippen molar-refractivity contribution >= 4 is 11.6 Å². The number of ether oxygens (including phenoxy) is 2. The van der Waals surface area contributed by atoms with Gasteiger partial charge in [0.25, 0.3) is 0 Å². The van der Waals surface area contributed by atoms with Gasteiger partial charge in [0, 0.05) is 11.6 Å². The Balaban J connectivity index is 2.72. The van der Waals surface area contributed by atoms with Crippen molar-refractivity contribution in [2.75, 3.05) is 13.7 Å². The molecule has 1 aromatic rings. The van der Waals surface area contributed by atoms with Crippen LogP contribution in [0.2, 0.25) is 0 Å². The van der Waals surface area contributed by atoms with Crippen LogP contribution in [0.15, 0.2) is 18.2 Å². The first-order valence-electron chi connectivity index (χ1n) is 5.17. The molecule has 0 unspecified atom stereocenters. The Kier molecular flexibility index (Phi) is 5.33. The first kappa shape index (κ1) is 12.2. The summed E-state index contributed by atoms with van der Waals surface area (Å²) in [6.45, 7) is 2.87. The molecule has 15 heavy (non-hydrogen) atoms. The molecule has 0 aliphatic heterocycles. The van der Waals surface area contributed by atoms with E-state index in [4.69, 9.17) is 21.1 Å². The molecule has 84 valence electrons. The van der Waals surface area contributed by atoms with Gasteiger partial charge in [0.2, 0.25) is 0 Å². The molecule has 0 saturated carbocycles. The van der Waals surface area contributed by atoms with Gasteiger partial charge in [-0.05, 0) is 12.5 Å². The lowest BCUT2D eigenvalue weighted by atomic mass is 10.2. The molecule has 0 amide bonds. The van der Waals surface area contributed by atoms with Gasteiger partial charge in [0.05, 0.1) is 19.6 Å². The second-order valence-corrected chi connectivity index (χ2v) is 3.58. The summed E-state index contributed by atoms with van der Waals surface area (Å²) in [5, 5.41) is 0. The summed E-state index contributed by atoms with van der Waals surface area (Å²) < 4.78 is 10.8. The number of methoxy groups -OCH3 is 1. The number of unbranched alkanes of at least 4 members (excludes halogenated alkanes) is 1. The molecule has 0 fully saturated rings. The Bertz CT molecular complexity index is 300. The van der Waals surface area contributed by atoms with Crippen LogP contribution in [0.3, 0.4) is 0 Å². The standard InChI is InChI=1S/C12H17ClO2/c1-3-4-7-15-12-8-11(14-2)6-5-10(12)9-13/h5-6,8H,3-4,7,9H2,1-2H3. The number of benzene rings is 1. The quantitative estimate of drug-likeness (QED) is 0.547. The van der Waals surface area contributed by atoms with E-state index in [0.29, 0.717) is 5.88 Å². The topological polar surface area (TPSA) is 18.5 Å². The van der Waals surface area contributed by atoms with E-state index in [2.05, 4.69) is 6.92 Å². The van der Waals surface area contributed by atoms with Gasteiger partial charge in [0.15, 0.2) is 0 Å². The van der Waals surface area contributed by atoms with Crippen molar-refractivity contribution in [2.24, 2.45) is 0 Å². The van der Waals surface area contributed by atoms with Crippen LogP contribution in [-0.4, -0.2) is 13.7 Å². The minimum atomic E-state index is 0.464. The van der Waals surface area contributed by atoms with E-state index < -0.39 is 0 Å². The minimum absolute atomic E-state index is 0.464. The predicted molar refractivity (Wildman–Crippen MR) is 63.0 cm³/mol. The van der Waals surface area contributed by atoms with Gasteiger partial charge in [0.1, 0.15) is 11.5 Å². The summed E-state index contributed by atoms with van der Waals surface area (Å²) in [6.07, 6.45) is 2.18. The van der Waals surface area contributed by atoms with Gasteiger partial charge in [-0.3, -0.25) is 0 Å². The summed E-state index contributed by atoms with van der Waals surface area (Å²) in [6, 6.07) is 5.71. The van der Waals surface area contributed by atoms with Gasteiger partial charge < -0.3 is 9.47 Å². The maximum Gasteiger partial charge on any atom is 0.127 e. The molecule has 0 aromatic heterocycles. The van der Waals surface area contributed by atoms with Gasteiger partial charge in [-0.25, -0.2) is 0 Å². The van der Waals surface area contributed by atoms with Gasteiger partial charge >= 0.3 is 0 Å². The SMILES string of the molecule is CCCCOc1cc(OC)ccc1CCl. The smallest absolute Gasteiger partial charge is 0.127 e. The van der Waals surface area contributed by atoms with Crippen molar-refractivity contribution in [1.29, 1.82) is 0 Å². The Morgan fingerprint density at radius 3 is 2.73 bits per heavy atom. The molecule has 2 nitrogen and oxygen atoms in total. The van der Waals surface area contributed by atoms with E-state index in [0.717, 1.165) is 36.5 Å². The highest BCUT2D eigenvalue weighted by molar-refractivity contribution is 6.17. The molecule has 0 saturated heterocycles. The van der Waals surface area contributed by atoms with Crippen LogP contribution >= 0.6 is 11.6 Å². The molecule has 0 heterocycles. The predicted octanol–water partition coefficient (Wildman–Crippen LogP) is 3.61. The number of rotatable bonds is 6. The van der Waals surface area contributed by atoms with Gasteiger partial charge in [-0.2, -0.15) is 0 Å². The third kappa shape index (κ3) is 3.63. The molecular weight excluding hydrogens is 212 g/mol. The molecular formula is C12H17ClO2. The van der Waals surface area contributed by atoms with E-state index in [1.165, 1.54) is 0 Å². The molecule has 0 bridgehead atoms. The zero-order valence-electron chi connectivity index (χ0n) is 9.25. The Morgan fingerprint density at radius 1 is 1.33 bits per heavy atom. The molecule has 0 N–H and O–H groups in total. The summed E-state index contributed by atoms with van der Waals surface area (Å²) in [5.74, 6) is 2.10. The van der Waals surface area contributed by atoms with Crippen LogP contribution < -0.4 is 9.47 Å². The van der Waals surface area contributed by atoms with Crippen molar-refractivity contribution in [3.05, 3.63) is 23.8 Å². The normalized spacial score (nSPS) is 10.1. The minimum Gasteiger partial charge on any atom is -0.497 e. The lowest BCUT2D eigenvalue weighted by Gasteiger charge is -2.11. The van der Waals surface area contributed by atoms with Crippen LogP contribution in [0.1, 0.15) is 25.3 Å². The summed E-state index contributed by atoms with van der Waals surface area (Å²) >= 11 is 5.82. The van der Waals surface area contributed by atoms with Crippen molar-refractivity contribution < 1.29 is 9.47 Å². The van der Waals surface area contributed by atoms with E-state index >= 15 is 0 Å². The second kappa shape index (κ2) is 6.57. The molecule has 0 aliphatic carbocycles. The highest BCUT2D eigenvalue weighted by Crippen LogP contribution is 2.26. The highest BCUT2D eigenvalue weighted by Gasteiger charge is 2.04. The van der Waals surface area contributed by atoms with Crippen molar-refractivity contribution in [3.8, 4) is 11.5 Å². The van der Waals surface area contributed by atoms with Crippen LogP contribution in [0.4, 0.5) is 0 Å². The third-order valence-electron chi connectivity index (χ3n) is 2.17. The molecule has 3 heteroatoms. The van der Waals surface area contributed by atoms with Gasteiger partial charge in [-0.15, -0.1) is 11.6 Å². The number of halogens is 1. The number of hydrogen-bond acceptors (Lipinski definition) is 2. The Labute approximate surface area is 96.2 Å². The van der Waals surface area contributed by atoms with Crippen LogP contribution in [0, 0.1) is 0 Å². The summed E-state index contributed by atoms with van der Waals surface area (Å²) in [4.78, 5) is 0. The van der Waals surface area contributed by atoms with E-state index in [1.54, 1.807) is 7.11 Å². The molecule has 1 rings (SSSR count). The van der Waals surface area contributed by atoms with E-state index in [1.807, 2.05) is 18.2 Å². The highest BCUT2D eigenvalue weighted by atomic mass is 35.5. The van der Waals surface area contributed by atoms with Crippen LogP contribution in [0.5, 0.6) is 11.5 Å². The fourth-order valence-electron chi connectivity index (χ4n) is 1.23. The number of hydrogen-bond donors (Lipinski definition) is 0. The molecule has 0 aliphatic rings. The first-order chi connectivity index (χ1) is 7.31. The average molecular weight is 229 g/mol. The second-order valence-electron chi connectivity index (χ2n) is 3.31. The molecule has 1 aromatic carbocycles. The summed E-state index contributed by atoms with van der Waals surface area (Å²) in [5.41, 5.74) is 1.01. The number of alkyl halides is 1. The average Bonchev–Trinajstić information content (AvgIpc) is 2.29. The Hall–Kier alpha value is -0.890. The van der Waals surface area contributed by atoms with Crippen LogP contribution in [0.25, 0.3) is 0 Å². The van der Waals surface area contributed by atoms with Crippen molar-refractivity contribution in [2.45, 2.75) is 25.6 Å². The lowest BCUT2D eigenvalue weighted by molar-refractivity contribution is 0.304. The van der Waals surface area contributed by atoms with Crippen molar-refractivity contribution in [3.63, 3.8) is 0 Å². The van der Waals surface area contributed by atoms with E-state index in [-0.39, 0.29) is 0 Å². The third-order valence-corrected chi connectivity index (χ3v) is 2.46. The zero-order valence-corrected chi connectivity index (χ0v) is 10.0. The maximum atomic E-state index is 5.82. The Morgan fingerprint density at radius 2 is 2.13 bits per heavy atom. The van der Waals surface area contributed by atoms with Gasteiger partial charge in [-0.1, -0.05) is 19.4 Å². The largest absolute Gasteiger partial charge is 0.497 e. The fraction of sp³-hybridized carbons (Fsp3) is 0.500. The molecule has 0 spiro atoms. The monoisotopic (exact) mass is 228 g/mol. The fourth-order valence-corrected chi connectivity index (χ4v) is 1.45. The van der Waals surface area contributed by atoms with Crippen molar-refractivity contribution in [1.82, 2.24) is 0 Å². The molecule has 0 radical (unpaired) electrons. The van der Waals surface area contributed by atoms with E-state index in [9.17, 15) is 0 Å².